The Balaban J connectivity index is 2.03. The summed E-state index contributed by atoms with van der Waals surface area (Å²) in [5.41, 5.74) is -1.16. The first kappa shape index (κ1) is 16.4. The molecule has 0 atom stereocenters. The third-order valence-electron chi connectivity index (χ3n) is 3.94. The van der Waals surface area contributed by atoms with Crippen LogP contribution in [0.4, 0.5) is 18.9 Å². The lowest BCUT2D eigenvalue weighted by Crippen LogP contribution is -2.36. The van der Waals surface area contributed by atoms with E-state index in [2.05, 4.69) is 5.32 Å². The van der Waals surface area contributed by atoms with Gasteiger partial charge in [-0.05, 0) is 31.0 Å². The van der Waals surface area contributed by atoms with Crippen molar-refractivity contribution in [3.05, 3.63) is 28.8 Å². The number of alkyl halides is 3. The number of rotatable bonds is 3. The van der Waals surface area contributed by atoms with Crippen molar-refractivity contribution in [3.63, 3.8) is 0 Å². The van der Waals surface area contributed by atoms with Crippen LogP contribution < -0.4 is 5.32 Å². The van der Waals surface area contributed by atoms with Crippen LogP contribution in [0.2, 0.25) is 5.02 Å². The Morgan fingerprint density at radius 3 is 2.29 bits per heavy atom. The van der Waals surface area contributed by atoms with Gasteiger partial charge >= 0.3 is 6.18 Å². The average molecular weight is 322 g/mol. The van der Waals surface area contributed by atoms with Crippen LogP contribution in [-0.4, -0.2) is 17.3 Å². The van der Waals surface area contributed by atoms with E-state index in [1.165, 1.54) is 6.07 Å². The predicted molar refractivity (Wildman–Crippen MR) is 77.6 cm³/mol. The van der Waals surface area contributed by atoms with E-state index in [-0.39, 0.29) is 5.02 Å². The number of anilines is 1. The van der Waals surface area contributed by atoms with Gasteiger partial charge < -0.3 is 10.4 Å². The molecule has 21 heavy (non-hydrogen) atoms. The van der Waals surface area contributed by atoms with E-state index < -0.39 is 17.3 Å². The second-order valence-corrected chi connectivity index (χ2v) is 6.09. The predicted octanol–water partition coefficient (Wildman–Crippen LogP) is 4.86. The van der Waals surface area contributed by atoms with Crippen LogP contribution in [0.1, 0.15) is 44.1 Å². The Morgan fingerprint density at radius 2 is 1.76 bits per heavy atom. The highest BCUT2D eigenvalue weighted by molar-refractivity contribution is 6.33. The molecule has 1 aromatic rings. The summed E-state index contributed by atoms with van der Waals surface area (Å²) in [5, 5.41) is 13.5. The molecule has 2 N–H and O–H groups in total. The van der Waals surface area contributed by atoms with Crippen molar-refractivity contribution in [1.82, 2.24) is 0 Å². The van der Waals surface area contributed by atoms with Crippen LogP contribution in [0.25, 0.3) is 0 Å². The zero-order valence-electron chi connectivity index (χ0n) is 11.6. The summed E-state index contributed by atoms with van der Waals surface area (Å²) in [6, 6.07) is 3.21. The van der Waals surface area contributed by atoms with Crippen molar-refractivity contribution < 1.29 is 18.3 Å². The summed E-state index contributed by atoms with van der Waals surface area (Å²) in [7, 11) is 0. The molecule has 6 heteroatoms. The zero-order valence-corrected chi connectivity index (χ0v) is 12.4. The highest BCUT2D eigenvalue weighted by Gasteiger charge is 2.31. The van der Waals surface area contributed by atoms with Gasteiger partial charge in [0.1, 0.15) is 0 Å². The van der Waals surface area contributed by atoms with Gasteiger partial charge in [0.05, 0.1) is 21.9 Å². The quantitative estimate of drug-likeness (QED) is 0.779. The number of hydrogen-bond donors (Lipinski definition) is 2. The minimum atomic E-state index is -4.40. The first-order valence-electron chi connectivity index (χ1n) is 7.13. The third-order valence-corrected chi connectivity index (χ3v) is 4.25. The number of halogens is 4. The third kappa shape index (κ3) is 4.51. The lowest BCUT2D eigenvalue weighted by molar-refractivity contribution is -0.137. The molecule has 0 saturated heterocycles. The highest BCUT2D eigenvalue weighted by atomic mass is 35.5. The summed E-state index contributed by atoms with van der Waals surface area (Å²) in [4.78, 5) is 0. The Hall–Kier alpha value is -0.940. The van der Waals surface area contributed by atoms with E-state index in [4.69, 9.17) is 11.6 Å². The standard InChI is InChI=1S/C15H19ClF3NO/c16-12-9-11(15(17,18)19)5-6-13(12)20-10-14(21)7-3-1-2-4-8-14/h5-6,9,20-21H,1-4,7-8,10H2. The van der Waals surface area contributed by atoms with Crippen LogP contribution in [0.3, 0.4) is 0 Å². The maximum Gasteiger partial charge on any atom is 0.416 e. The number of aliphatic hydroxyl groups is 1. The van der Waals surface area contributed by atoms with Gasteiger partial charge in [0, 0.05) is 6.54 Å². The molecule has 1 fully saturated rings. The second-order valence-electron chi connectivity index (χ2n) is 5.68. The molecule has 0 bridgehead atoms. The first-order valence-corrected chi connectivity index (χ1v) is 7.51. The zero-order chi connectivity index (χ0) is 15.5. The van der Waals surface area contributed by atoms with Crippen molar-refractivity contribution in [2.45, 2.75) is 50.3 Å². The summed E-state index contributed by atoms with van der Waals surface area (Å²) in [5.74, 6) is 0. The molecule has 2 rings (SSSR count). The lowest BCUT2D eigenvalue weighted by Gasteiger charge is -2.27. The van der Waals surface area contributed by atoms with Gasteiger partial charge in [0.2, 0.25) is 0 Å². The van der Waals surface area contributed by atoms with Gasteiger partial charge in [0.25, 0.3) is 0 Å². The molecule has 0 amide bonds. The Kier molecular flexibility index (Phi) is 5.04. The molecule has 0 aliphatic heterocycles. The second kappa shape index (κ2) is 6.44. The van der Waals surface area contributed by atoms with Crippen molar-refractivity contribution in [2.75, 3.05) is 11.9 Å². The normalized spacial score (nSPS) is 19.1. The fourth-order valence-electron chi connectivity index (χ4n) is 2.66. The van der Waals surface area contributed by atoms with Gasteiger partial charge in [0.15, 0.2) is 0 Å². The molecule has 1 aromatic carbocycles. The Labute approximate surface area is 127 Å². The van der Waals surface area contributed by atoms with E-state index in [9.17, 15) is 18.3 Å². The smallest absolute Gasteiger partial charge is 0.388 e. The van der Waals surface area contributed by atoms with E-state index in [0.29, 0.717) is 25.1 Å². The van der Waals surface area contributed by atoms with Gasteiger partial charge in [-0.25, -0.2) is 0 Å². The average Bonchev–Trinajstić information content (AvgIpc) is 2.61. The van der Waals surface area contributed by atoms with E-state index >= 15 is 0 Å². The summed E-state index contributed by atoms with van der Waals surface area (Å²) in [6.45, 7) is 0.304. The number of nitrogens with one attached hydrogen (secondary N) is 1. The number of benzene rings is 1. The molecule has 0 spiro atoms. The Morgan fingerprint density at radius 1 is 1.14 bits per heavy atom. The lowest BCUT2D eigenvalue weighted by atomic mass is 9.94. The fourth-order valence-corrected chi connectivity index (χ4v) is 2.91. The Bertz CT molecular complexity index is 482. The first-order chi connectivity index (χ1) is 9.80. The highest BCUT2D eigenvalue weighted by Crippen LogP contribution is 2.34. The van der Waals surface area contributed by atoms with Crippen LogP contribution in [0, 0.1) is 0 Å². The monoisotopic (exact) mass is 321 g/mol. The van der Waals surface area contributed by atoms with Gasteiger partial charge in [-0.1, -0.05) is 37.3 Å². The summed E-state index contributed by atoms with van der Waals surface area (Å²) < 4.78 is 37.7. The van der Waals surface area contributed by atoms with E-state index in [1.54, 1.807) is 0 Å². The van der Waals surface area contributed by atoms with E-state index in [1.807, 2.05) is 0 Å². The molecule has 0 aromatic heterocycles. The molecule has 0 unspecified atom stereocenters. The molecule has 1 aliphatic carbocycles. The van der Waals surface area contributed by atoms with Crippen molar-refractivity contribution in [3.8, 4) is 0 Å². The van der Waals surface area contributed by atoms with Crippen LogP contribution >= 0.6 is 11.6 Å². The molecule has 0 heterocycles. The molecule has 2 nitrogen and oxygen atoms in total. The van der Waals surface area contributed by atoms with Crippen LogP contribution in [0.5, 0.6) is 0 Å². The molecule has 1 saturated carbocycles. The minimum absolute atomic E-state index is 0.0158. The topological polar surface area (TPSA) is 32.3 Å². The molecular weight excluding hydrogens is 303 g/mol. The van der Waals surface area contributed by atoms with Gasteiger partial charge in [-0.15, -0.1) is 0 Å². The summed E-state index contributed by atoms with van der Waals surface area (Å²) in [6.07, 6.45) is 1.18. The SMILES string of the molecule is OC1(CNc2ccc(C(F)(F)F)cc2Cl)CCCCCC1. The van der Waals surface area contributed by atoms with Gasteiger partial charge in [-0.2, -0.15) is 13.2 Å². The number of hydrogen-bond acceptors (Lipinski definition) is 2. The largest absolute Gasteiger partial charge is 0.416 e. The minimum Gasteiger partial charge on any atom is -0.388 e. The fraction of sp³-hybridized carbons (Fsp3) is 0.600. The van der Waals surface area contributed by atoms with Crippen molar-refractivity contribution >= 4 is 17.3 Å². The van der Waals surface area contributed by atoms with Crippen molar-refractivity contribution in [1.29, 1.82) is 0 Å². The van der Waals surface area contributed by atoms with E-state index in [0.717, 1.165) is 37.8 Å². The van der Waals surface area contributed by atoms with Crippen LogP contribution in [0.15, 0.2) is 18.2 Å². The van der Waals surface area contributed by atoms with Crippen LogP contribution in [-0.2, 0) is 6.18 Å². The van der Waals surface area contributed by atoms with Gasteiger partial charge in [-0.3, -0.25) is 0 Å². The molecular formula is C15H19ClF3NO. The van der Waals surface area contributed by atoms with Crippen molar-refractivity contribution in [2.24, 2.45) is 0 Å². The summed E-state index contributed by atoms with van der Waals surface area (Å²) >= 11 is 5.89. The molecule has 118 valence electrons. The maximum absolute atomic E-state index is 12.6. The molecule has 0 radical (unpaired) electrons. The molecule has 1 aliphatic rings. The maximum atomic E-state index is 12.6.